The van der Waals surface area contributed by atoms with Crippen molar-refractivity contribution < 1.29 is 26.7 Å². The van der Waals surface area contributed by atoms with Crippen molar-refractivity contribution in [2.24, 2.45) is 0 Å². The van der Waals surface area contributed by atoms with Crippen molar-refractivity contribution in [2.45, 2.75) is 43.2 Å². The molecule has 0 aliphatic carbocycles. The SMILES string of the molecule is O=S1(=O)CCCCC1C(O)Cc1ccc(C(F)(F)F)cc1. The monoisotopic (exact) mass is 322 g/mol. The first-order valence-corrected chi connectivity index (χ1v) is 8.47. The third-order valence-electron chi connectivity index (χ3n) is 3.78. The second-order valence-corrected chi connectivity index (χ2v) is 7.71. The van der Waals surface area contributed by atoms with Gasteiger partial charge in [0, 0.05) is 0 Å². The highest BCUT2D eigenvalue weighted by molar-refractivity contribution is 7.92. The van der Waals surface area contributed by atoms with E-state index in [0.29, 0.717) is 18.4 Å². The summed E-state index contributed by atoms with van der Waals surface area (Å²) < 4.78 is 61.1. The first-order valence-electron chi connectivity index (χ1n) is 6.76. The van der Waals surface area contributed by atoms with Gasteiger partial charge in [-0.15, -0.1) is 0 Å². The summed E-state index contributed by atoms with van der Waals surface area (Å²) in [5.74, 6) is 0.0712. The van der Waals surface area contributed by atoms with E-state index in [9.17, 15) is 26.7 Å². The van der Waals surface area contributed by atoms with E-state index in [1.807, 2.05) is 0 Å². The molecule has 2 unspecified atom stereocenters. The average Bonchev–Trinajstić information content (AvgIpc) is 2.37. The minimum absolute atomic E-state index is 0.0437. The van der Waals surface area contributed by atoms with Gasteiger partial charge in [0.15, 0.2) is 9.84 Å². The molecule has 1 aromatic rings. The Bertz CT molecular complexity index is 578. The summed E-state index contributed by atoms with van der Waals surface area (Å²) in [6.07, 6.45) is -3.68. The van der Waals surface area contributed by atoms with Crippen molar-refractivity contribution in [2.75, 3.05) is 5.75 Å². The van der Waals surface area contributed by atoms with Crippen molar-refractivity contribution in [1.82, 2.24) is 0 Å². The zero-order chi connectivity index (χ0) is 15.7. The minimum atomic E-state index is -4.40. The molecule has 3 nitrogen and oxygen atoms in total. The second kappa shape index (κ2) is 5.96. The lowest BCUT2D eigenvalue weighted by atomic mass is 10.0. The fourth-order valence-corrected chi connectivity index (χ4v) is 4.62. The zero-order valence-electron chi connectivity index (χ0n) is 11.3. The summed E-state index contributed by atoms with van der Waals surface area (Å²) >= 11 is 0. The Labute approximate surface area is 121 Å². The number of hydrogen-bond donors (Lipinski definition) is 1. The lowest BCUT2D eigenvalue weighted by Crippen LogP contribution is -2.39. The molecule has 2 rings (SSSR count). The molecular weight excluding hydrogens is 305 g/mol. The third-order valence-corrected chi connectivity index (χ3v) is 6.11. The molecule has 0 aromatic heterocycles. The molecule has 1 aliphatic heterocycles. The number of sulfone groups is 1. The second-order valence-electron chi connectivity index (χ2n) is 5.37. The molecule has 0 amide bonds. The van der Waals surface area contributed by atoms with Crippen molar-refractivity contribution in [1.29, 1.82) is 0 Å². The maximum absolute atomic E-state index is 12.4. The van der Waals surface area contributed by atoms with Crippen molar-refractivity contribution in [3.63, 3.8) is 0 Å². The lowest BCUT2D eigenvalue weighted by Gasteiger charge is -2.26. The first kappa shape index (κ1) is 16.3. The number of rotatable bonds is 3. The first-order chi connectivity index (χ1) is 9.70. The molecule has 0 spiro atoms. The van der Waals surface area contributed by atoms with E-state index in [0.717, 1.165) is 18.6 Å². The number of aliphatic hydroxyl groups is 1. The van der Waals surface area contributed by atoms with Crippen LogP contribution >= 0.6 is 0 Å². The Morgan fingerprint density at radius 2 is 1.81 bits per heavy atom. The smallest absolute Gasteiger partial charge is 0.391 e. The molecule has 21 heavy (non-hydrogen) atoms. The number of alkyl halides is 3. The summed E-state index contributed by atoms with van der Waals surface area (Å²) in [7, 11) is -3.30. The highest BCUT2D eigenvalue weighted by atomic mass is 32.2. The quantitative estimate of drug-likeness (QED) is 0.930. The van der Waals surface area contributed by atoms with Crippen molar-refractivity contribution in [3.05, 3.63) is 35.4 Å². The van der Waals surface area contributed by atoms with E-state index in [2.05, 4.69) is 0 Å². The van der Waals surface area contributed by atoms with Crippen LogP contribution in [0.3, 0.4) is 0 Å². The summed E-state index contributed by atoms with van der Waals surface area (Å²) in [6.45, 7) is 0. The molecule has 1 heterocycles. The topological polar surface area (TPSA) is 54.4 Å². The fraction of sp³-hybridized carbons (Fsp3) is 0.571. The van der Waals surface area contributed by atoms with Crippen LogP contribution in [0.15, 0.2) is 24.3 Å². The van der Waals surface area contributed by atoms with Crippen LogP contribution in [0.5, 0.6) is 0 Å². The predicted octanol–water partition coefficient (Wildman–Crippen LogP) is 2.58. The lowest BCUT2D eigenvalue weighted by molar-refractivity contribution is -0.137. The van der Waals surface area contributed by atoms with Gasteiger partial charge in [-0.1, -0.05) is 18.6 Å². The third kappa shape index (κ3) is 3.97. The van der Waals surface area contributed by atoms with Crippen LogP contribution in [0.2, 0.25) is 0 Å². The molecule has 1 N–H and O–H groups in total. The van der Waals surface area contributed by atoms with Crippen LogP contribution in [0.4, 0.5) is 13.2 Å². The van der Waals surface area contributed by atoms with E-state index in [1.54, 1.807) is 0 Å². The van der Waals surface area contributed by atoms with E-state index in [1.165, 1.54) is 12.1 Å². The molecule has 0 radical (unpaired) electrons. The zero-order valence-corrected chi connectivity index (χ0v) is 12.1. The Morgan fingerprint density at radius 3 is 2.33 bits per heavy atom. The van der Waals surface area contributed by atoms with Crippen LogP contribution in [-0.2, 0) is 22.4 Å². The van der Waals surface area contributed by atoms with Gasteiger partial charge in [-0.05, 0) is 37.0 Å². The highest BCUT2D eigenvalue weighted by Gasteiger charge is 2.35. The van der Waals surface area contributed by atoms with Gasteiger partial charge in [0.05, 0.1) is 22.7 Å². The van der Waals surface area contributed by atoms with E-state index >= 15 is 0 Å². The van der Waals surface area contributed by atoms with Gasteiger partial charge in [-0.3, -0.25) is 0 Å². The van der Waals surface area contributed by atoms with E-state index < -0.39 is 32.9 Å². The van der Waals surface area contributed by atoms with Crippen molar-refractivity contribution >= 4 is 9.84 Å². The van der Waals surface area contributed by atoms with Crippen LogP contribution in [0.1, 0.15) is 30.4 Å². The molecule has 0 saturated carbocycles. The molecular formula is C14H17F3O3S. The van der Waals surface area contributed by atoms with Gasteiger partial charge < -0.3 is 5.11 Å². The van der Waals surface area contributed by atoms with Gasteiger partial charge in [0.2, 0.25) is 0 Å². The van der Waals surface area contributed by atoms with Gasteiger partial charge in [0.25, 0.3) is 0 Å². The molecule has 1 aliphatic rings. The van der Waals surface area contributed by atoms with Crippen LogP contribution in [0.25, 0.3) is 0 Å². The summed E-state index contributed by atoms with van der Waals surface area (Å²) in [5, 5.41) is 9.28. The average molecular weight is 322 g/mol. The summed E-state index contributed by atoms with van der Waals surface area (Å²) in [4.78, 5) is 0. The summed E-state index contributed by atoms with van der Waals surface area (Å²) in [6, 6.07) is 4.44. The standard InChI is InChI=1S/C14H17F3O3S/c15-14(16,17)11-6-4-10(5-7-11)9-12(18)13-3-1-2-8-21(13,19)20/h4-7,12-13,18H,1-3,8-9H2. The van der Waals surface area contributed by atoms with Gasteiger partial charge in [0.1, 0.15) is 0 Å². The highest BCUT2D eigenvalue weighted by Crippen LogP contribution is 2.30. The van der Waals surface area contributed by atoms with Gasteiger partial charge in [-0.25, -0.2) is 8.42 Å². The molecule has 1 fully saturated rings. The molecule has 0 bridgehead atoms. The molecule has 7 heteroatoms. The Hall–Kier alpha value is -1.08. The van der Waals surface area contributed by atoms with Gasteiger partial charge in [-0.2, -0.15) is 13.2 Å². The van der Waals surface area contributed by atoms with Crippen LogP contribution in [-0.4, -0.2) is 30.6 Å². The van der Waals surface area contributed by atoms with E-state index in [4.69, 9.17) is 0 Å². The Kier molecular flexibility index (Phi) is 4.63. The largest absolute Gasteiger partial charge is 0.416 e. The number of hydrogen-bond acceptors (Lipinski definition) is 3. The van der Waals surface area contributed by atoms with Crippen LogP contribution in [0, 0.1) is 0 Å². The van der Waals surface area contributed by atoms with E-state index in [-0.39, 0.29) is 12.2 Å². The molecule has 1 saturated heterocycles. The van der Waals surface area contributed by atoms with Crippen molar-refractivity contribution in [3.8, 4) is 0 Å². The Balaban J connectivity index is 2.07. The number of benzene rings is 1. The normalized spacial score (nSPS) is 23.7. The van der Waals surface area contributed by atoms with Crippen LogP contribution < -0.4 is 0 Å². The maximum Gasteiger partial charge on any atom is 0.416 e. The van der Waals surface area contributed by atoms with Gasteiger partial charge >= 0.3 is 6.18 Å². The minimum Gasteiger partial charge on any atom is -0.391 e. The Morgan fingerprint density at radius 1 is 1.19 bits per heavy atom. The summed E-state index contributed by atoms with van der Waals surface area (Å²) in [5.41, 5.74) is -0.262. The molecule has 118 valence electrons. The molecule has 2 atom stereocenters. The number of halogens is 3. The maximum atomic E-state index is 12.4. The fourth-order valence-electron chi connectivity index (χ4n) is 2.61. The predicted molar refractivity (Wildman–Crippen MR) is 72.6 cm³/mol. The number of aliphatic hydroxyl groups excluding tert-OH is 1. The molecule has 1 aromatic carbocycles.